The summed E-state index contributed by atoms with van der Waals surface area (Å²) in [6, 6.07) is 5.75. The Kier molecular flexibility index (Phi) is 5.55. The van der Waals surface area contributed by atoms with Crippen molar-refractivity contribution in [3.05, 3.63) is 29.3 Å². The highest BCUT2D eigenvalue weighted by Crippen LogP contribution is 2.18. The van der Waals surface area contributed by atoms with Gasteiger partial charge in [-0.05, 0) is 31.9 Å². The van der Waals surface area contributed by atoms with Crippen molar-refractivity contribution < 1.29 is 14.7 Å². The summed E-state index contributed by atoms with van der Waals surface area (Å²) in [5.74, 6) is -1.75. The third kappa shape index (κ3) is 4.73. The van der Waals surface area contributed by atoms with E-state index < -0.39 is 11.9 Å². The van der Waals surface area contributed by atoms with Gasteiger partial charge in [0, 0.05) is 12.1 Å². The van der Waals surface area contributed by atoms with Gasteiger partial charge in [0.1, 0.15) is 0 Å². The Morgan fingerprint density at radius 3 is 2.53 bits per heavy atom. The molecule has 4 nitrogen and oxygen atoms in total. The third-order valence-electron chi connectivity index (χ3n) is 3.07. The molecule has 1 rings (SSSR count). The summed E-state index contributed by atoms with van der Waals surface area (Å²) in [5, 5.41) is 11.8. The summed E-state index contributed by atoms with van der Waals surface area (Å²) in [7, 11) is 0. The van der Waals surface area contributed by atoms with Crippen molar-refractivity contribution in [1.29, 1.82) is 0 Å². The molecule has 0 heterocycles. The average molecular weight is 263 g/mol. The Bertz CT molecular complexity index is 468. The zero-order valence-electron chi connectivity index (χ0n) is 11.7. The standard InChI is InChI=1S/C15H21NO3/c1-4-5-12(15(18)19)9-14(17)16-13-7-6-10(2)8-11(13)3/h6-8,12H,4-5,9H2,1-3H3,(H,16,17)(H,18,19). The number of carbonyl (C=O) groups is 2. The van der Waals surface area contributed by atoms with Crippen molar-refractivity contribution in [1.82, 2.24) is 0 Å². The second kappa shape index (κ2) is 6.92. The van der Waals surface area contributed by atoms with Crippen molar-refractivity contribution in [3.8, 4) is 0 Å². The summed E-state index contributed by atoms with van der Waals surface area (Å²) < 4.78 is 0. The molecular weight excluding hydrogens is 242 g/mol. The van der Waals surface area contributed by atoms with Crippen LogP contribution < -0.4 is 5.32 Å². The molecule has 0 bridgehead atoms. The van der Waals surface area contributed by atoms with E-state index in [-0.39, 0.29) is 12.3 Å². The van der Waals surface area contributed by atoms with Crippen molar-refractivity contribution in [2.45, 2.75) is 40.0 Å². The molecular formula is C15H21NO3. The molecule has 0 aromatic heterocycles. The SMILES string of the molecule is CCCC(CC(=O)Nc1ccc(C)cc1C)C(=O)O. The van der Waals surface area contributed by atoms with Gasteiger partial charge in [0.2, 0.25) is 5.91 Å². The van der Waals surface area contributed by atoms with Crippen molar-refractivity contribution >= 4 is 17.6 Å². The lowest BCUT2D eigenvalue weighted by molar-refractivity contribution is -0.143. The number of carboxylic acids is 1. The third-order valence-corrected chi connectivity index (χ3v) is 3.07. The van der Waals surface area contributed by atoms with Gasteiger partial charge in [-0.15, -0.1) is 0 Å². The number of carboxylic acid groups (broad SMARTS) is 1. The van der Waals surface area contributed by atoms with E-state index in [1.807, 2.05) is 39.0 Å². The van der Waals surface area contributed by atoms with Crippen LogP contribution in [0.4, 0.5) is 5.69 Å². The molecule has 0 aliphatic heterocycles. The molecule has 0 spiro atoms. The Balaban J connectivity index is 2.66. The van der Waals surface area contributed by atoms with Gasteiger partial charge >= 0.3 is 5.97 Å². The van der Waals surface area contributed by atoms with Gasteiger partial charge in [0.25, 0.3) is 0 Å². The first-order chi connectivity index (χ1) is 8.93. The van der Waals surface area contributed by atoms with Crippen LogP contribution in [0.5, 0.6) is 0 Å². The molecule has 0 fully saturated rings. The molecule has 0 aliphatic rings. The van der Waals surface area contributed by atoms with E-state index in [0.717, 1.165) is 23.2 Å². The van der Waals surface area contributed by atoms with Gasteiger partial charge in [0.05, 0.1) is 5.92 Å². The lowest BCUT2D eigenvalue weighted by atomic mass is 9.99. The topological polar surface area (TPSA) is 66.4 Å². The van der Waals surface area contributed by atoms with Crippen LogP contribution >= 0.6 is 0 Å². The van der Waals surface area contributed by atoms with Crippen LogP contribution in [0.3, 0.4) is 0 Å². The predicted octanol–water partition coefficient (Wildman–Crippen LogP) is 3.13. The minimum absolute atomic E-state index is 0.0243. The normalized spacial score (nSPS) is 11.9. The van der Waals surface area contributed by atoms with Crippen molar-refractivity contribution in [2.75, 3.05) is 5.32 Å². The quantitative estimate of drug-likeness (QED) is 0.828. The van der Waals surface area contributed by atoms with Crippen molar-refractivity contribution in [3.63, 3.8) is 0 Å². The van der Waals surface area contributed by atoms with E-state index in [1.54, 1.807) is 0 Å². The molecule has 1 unspecified atom stereocenters. The largest absolute Gasteiger partial charge is 0.481 e. The molecule has 1 aromatic carbocycles. The Morgan fingerprint density at radius 2 is 2.00 bits per heavy atom. The fraction of sp³-hybridized carbons (Fsp3) is 0.467. The molecule has 1 atom stereocenters. The lowest BCUT2D eigenvalue weighted by Crippen LogP contribution is -2.22. The number of aliphatic carboxylic acids is 1. The molecule has 1 aromatic rings. The molecule has 2 N–H and O–H groups in total. The van der Waals surface area contributed by atoms with Crippen molar-refractivity contribution in [2.24, 2.45) is 5.92 Å². The number of hydrogen-bond acceptors (Lipinski definition) is 2. The number of rotatable bonds is 6. The Hall–Kier alpha value is -1.84. The zero-order chi connectivity index (χ0) is 14.4. The van der Waals surface area contributed by atoms with Crippen LogP contribution in [0.15, 0.2) is 18.2 Å². The predicted molar refractivity (Wildman–Crippen MR) is 75.2 cm³/mol. The molecule has 1 amide bonds. The number of amides is 1. The lowest BCUT2D eigenvalue weighted by Gasteiger charge is -2.13. The Morgan fingerprint density at radius 1 is 1.32 bits per heavy atom. The summed E-state index contributed by atoms with van der Waals surface area (Å²) in [4.78, 5) is 22.9. The smallest absolute Gasteiger partial charge is 0.307 e. The van der Waals surface area contributed by atoms with Gasteiger partial charge in [-0.3, -0.25) is 9.59 Å². The van der Waals surface area contributed by atoms with E-state index in [0.29, 0.717) is 6.42 Å². The molecule has 0 aliphatic carbocycles. The van der Waals surface area contributed by atoms with E-state index >= 15 is 0 Å². The summed E-state index contributed by atoms with van der Waals surface area (Å²) >= 11 is 0. The highest BCUT2D eigenvalue weighted by molar-refractivity contribution is 5.93. The minimum Gasteiger partial charge on any atom is -0.481 e. The van der Waals surface area contributed by atoms with Crippen LogP contribution in [-0.2, 0) is 9.59 Å². The first kappa shape index (κ1) is 15.2. The number of carbonyl (C=O) groups excluding carboxylic acids is 1. The maximum absolute atomic E-state index is 11.9. The zero-order valence-corrected chi connectivity index (χ0v) is 11.7. The number of benzene rings is 1. The molecule has 104 valence electrons. The number of aryl methyl sites for hydroxylation is 2. The van der Waals surface area contributed by atoms with E-state index in [1.165, 1.54) is 0 Å². The van der Waals surface area contributed by atoms with Crippen LogP contribution in [0.25, 0.3) is 0 Å². The number of anilines is 1. The molecule has 4 heteroatoms. The minimum atomic E-state index is -0.905. The van der Waals surface area contributed by atoms with E-state index in [2.05, 4.69) is 5.32 Å². The maximum Gasteiger partial charge on any atom is 0.307 e. The summed E-state index contributed by atoms with van der Waals surface area (Å²) in [6.07, 6.45) is 1.31. The molecule has 19 heavy (non-hydrogen) atoms. The molecule has 0 radical (unpaired) electrons. The highest BCUT2D eigenvalue weighted by atomic mass is 16.4. The van der Waals surface area contributed by atoms with Gasteiger partial charge in [-0.1, -0.05) is 31.0 Å². The molecule has 0 saturated carbocycles. The number of hydrogen-bond donors (Lipinski definition) is 2. The maximum atomic E-state index is 11.9. The monoisotopic (exact) mass is 263 g/mol. The van der Waals surface area contributed by atoms with Gasteiger partial charge in [-0.2, -0.15) is 0 Å². The van der Waals surface area contributed by atoms with E-state index in [9.17, 15) is 9.59 Å². The second-order valence-electron chi connectivity index (χ2n) is 4.89. The first-order valence-electron chi connectivity index (χ1n) is 6.54. The highest BCUT2D eigenvalue weighted by Gasteiger charge is 2.20. The first-order valence-corrected chi connectivity index (χ1v) is 6.54. The molecule has 0 saturated heterocycles. The van der Waals surface area contributed by atoms with E-state index in [4.69, 9.17) is 5.11 Å². The second-order valence-corrected chi connectivity index (χ2v) is 4.89. The van der Waals surface area contributed by atoms with Crippen LogP contribution in [-0.4, -0.2) is 17.0 Å². The summed E-state index contributed by atoms with van der Waals surface area (Å²) in [6.45, 7) is 5.82. The summed E-state index contributed by atoms with van der Waals surface area (Å²) in [5.41, 5.74) is 2.86. The van der Waals surface area contributed by atoms with Gasteiger partial charge in [0.15, 0.2) is 0 Å². The van der Waals surface area contributed by atoms with Crippen LogP contribution in [0.1, 0.15) is 37.3 Å². The van der Waals surface area contributed by atoms with Crippen LogP contribution in [0, 0.1) is 19.8 Å². The fourth-order valence-electron chi connectivity index (χ4n) is 2.04. The van der Waals surface area contributed by atoms with Gasteiger partial charge < -0.3 is 10.4 Å². The Labute approximate surface area is 113 Å². The van der Waals surface area contributed by atoms with Crippen LogP contribution in [0.2, 0.25) is 0 Å². The number of nitrogens with one attached hydrogen (secondary N) is 1. The average Bonchev–Trinajstić information content (AvgIpc) is 2.32. The fourth-order valence-corrected chi connectivity index (χ4v) is 2.04. The van der Waals surface area contributed by atoms with Gasteiger partial charge in [-0.25, -0.2) is 0 Å².